The SMILES string of the molecule is CCC(C)(NC(=O)c1ccc(F)c(Br)c1)C(N)=O. The predicted molar refractivity (Wildman–Crippen MR) is 69.5 cm³/mol. The predicted octanol–water partition coefficient (Wildman–Crippen LogP) is 1.97. The lowest BCUT2D eigenvalue weighted by Crippen LogP contribution is -2.54. The van der Waals surface area contributed by atoms with E-state index in [-0.39, 0.29) is 10.0 Å². The summed E-state index contributed by atoms with van der Waals surface area (Å²) in [7, 11) is 0. The maximum absolute atomic E-state index is 13.0. The minimum Gasteiger partial charge on any atom is -0.368 e. The van der Waals surface area contributed by atoms with Crippen LogP contribution in [-0.2, 0) is 4.79 Å². The summed E-state index contributed by atoms with van der Waals surface area (Å²) in [6, 6.07) is 3.86. The molecule has 0 aliphatic carbocycles. The molecule has 0 heterocycles. The molecule has 0 fully saturated rings. The first-order chi connectivity index (χ1) is 8.30. The van der Waals surface area contributed by atoms with Crippen molar-refractivity contribution < 1.29 is 14.0 Å². The van der Waals surface area contributed by atoms with E-state index in [1.165, 1.54) is 18.2 Å². The Morgan fingerprint density at radius 3 is 2.56 bits per heavy atom. The van der Waals surface area contributed by atoms with E-state index in [0.29, 0.717) is 6.42 Å². The first-order valence-electron chi connectivity index (χ1n) is 5.37. The van der Waals surface area contributed by atoms with Gasteiger partial charge in [0, 0.05) is 5.56 Å². The lowest BCUT2D eigenvalue weighted by Gasteiger charge is -2.25. The second-order valence-electron chi connectivity index (χ2n) is 4.13. The van der Waals surface area contributed by atoms with Crippen LogP contribution in [0.4, 0.5) is 4.39 Å². The van der Waals surface area contributed by atoms with Crippen molar-refractivity contribution >= 4 is 27.7 Å². The molecular formula is C12H14BrFN2O2. The number of amides is 2. The summed E-state index contributed by atoms with van der Waals surface area (Å²) in [6.07, 6.45) is 0.371. The smallest absolute Gasteiger partial charge is 0.252 e. The molecule has 0 saturated heterocycles. The van der Waals surface area contributed by atoms with Crippen molar-refractivity contribution in [1.29, 1.82) is 0 Å². The fourth-order valence-corrected chi connectivity index (χ4v) is 1.66. The van der Waals surface area contributed by atoms with Gasteiger partial charge < -0.3 is 11.1 Å². The molecule has 2 amide bonds. The van der Waals surface area contributed by atoms with E-state index in [4.69, 9.17) is 5.73 Å². The maximum atomic E-state index is 13.0. The van der Waals surface area contributed by atoms with E-state index in [2.05, 4.69) is 21.2 Å². The van der Waals surface area contributed by atoms with Gasteiger partial charge >= 0.3 is 0 Å². The first-order valence-corrected chi connectivity index (χ1v) is 6.17. The normalized spacial score (nSPS) is 13.8. The molecule has 0 saturated carbocycles. The van der Waals surface area contributed by atoms with Gasteiger partial charge in [0.25, 0.3) is 5.91 Å². The molecule has 0 aromatic heterocycles. The summed E-state index contributed by atoms with van der Waals surface area (Å²) >= 11 is 2.99. The van der Waals surface area contributed by atoms with Crippen LogP contribution in [-0.4, -0.2) is 17.4 Å². The van der Waals surface area contributed by atoms with Crippen molar-refractivity contribution in [3.8, 4) is 0 Å². The largest absolute Gasteiger partial charge is 0.368 e. The number of carbonyl (C=O) groups excluding carboxylic acids is 2. The minimum atomic E-state index is -1.11. The highest BCUT2D eigenvalue weighted by atomic mass is 79.9. The van der Waals surface area contributed by atoms with Crippen LogP contribution in [0.2, 0.25) is 0 Å². The van der Waals surface area contributed by atoms with Crippen LogP contribution in [0.3, 0.4) is 0 Å². The number of carbonyl (C=O) groups is 2. The van der Waals surface area contributed by atoms with Crippen LogP contribution < -0.4 is 11.1 Å². The second-order valence-corrected chi connectivity index (χ2v) is 4.99. The van der Waals surface area contributed by atoms with Gasteiger partial charge in [-0.2, -0.15) is 0 Å². The number of nitrogens with two attached hydrogens (primary N) is 1. The Hall–Kier alpha value is -1.43. The van der Waals surface area contributed by atoms with Gasteiger partial charge in [-0.1, -0.05) is 6.92 Å². The molecule has 1 aromatic carbocycles. The Morgan fingerprint density at radius 1 is 1.50 bits per heavy atom. The van der Waals surface area contributed by atoms with E-state index in [1.54, 1.807) is 13.8 Å². The number of rotatable bonds is 4. The minimum absolute atomic E-state index is 0.187. The van der Waals surface area contributed by atoms with E-state index in [0.717, 1.165) is 0 Å². The molecule has 1 unspecified atom stereocenters. The fraction of sp³-hybridized carbons (Fsp3) is 0.333. The molecule has 98 valence electrons. The highest BCUT2D eigenvalue weighted by Gasteiger charge is 2.31. The van der Waals surface area contributed by atoms with Crippen molar-refractivity contribution in [2.45, 2.75) is 25.8 Å². The molecule has 6 heteroatoms. The zero-order chi connectivity index (χ0) is 13.9. The van der Waals surface area contributed by atoms with Gasteiger partial charge in [0.15, 0.2) is 0 Å². The van der Waals surface area contributed by atoms with Crippen molar-refractivity contribution in [2.75, 3.05) is 0 Å². The molecule has 3 N–H and O–H groups in total. The molecule has 1 atom stereocenters. The number of hydrogen-bond acceptors (Lipinski definition) is 2. The lowest BCUT2D eigenvalue weighted by molar-refractivity contribution is -0.123. The molecular weight excluding hydrogens is 303 g/mol. The van der Waals surface area contributed by atoms with Crippen LogP contribution in [0, 0.1) is 5.82 Å². The topological polar surface area (TPSA) is 72.2 Å². The third-order valence-electron chi connectivity index (χ3n) is 2.82. The number of nitrogens with one attached hydrogen (secondary N) is 1. The average molecular weight is 317 g/mol. The summed E-state index contributed by atoms with van der Waals surface area (Å²) in [6.45, 7) is 3.29. The summed E-state index contributed by atoms with van der Waals surface area (Å²) < 4.78 is 13.2. The monoisotopic (exact) mass is 316 g/mol. The van der Waals surface area contributed by atoms with E-state index in [9.17, 15) is 14.0 Å². The molecule has 0 radical (unpaired) electrons. The first kappa shape index (κ1) is 14.6. The van der Waals surface area contributed by atoms with Crippen LogP contribution in [0.15, 0.2) is 22.7 Å². The molecule has 1 rings (SSSR count). The molecule has 18 heavy (non-hydrogen) atoms. The summed E-state index contributed by atoms with van der Waals surface area (Å²) in [4.78, 5) is 23.2. The Labute approximate surface area is 113 Å². The summed E-state index contributed by atoms with van der Waals surface area (Å²) in [5, 5.41) is 2.55. The Balaban J connectivity index is 2.95. The maximum Gasteiger partial charge on any atom is 0.252 e. The van der Waals surface area contributed by atoms with Crippen molar-refractivity contribution in [3.05, 3.63) is 34.1 Å². The van der Waals surface area contributed by atoms with Crippen LogP contribution >= 0.6 is 15.9 Å². The van der Waals surface area contributed by atoms with Gasteiger partial charge in [-0.05, 0) is 47.5 Å². The number of primary amides is 1. The van der Waals surface area contributed by atoms with Crippen molar-refractivity contribution in [2.24, 2.45) is 5.73 Å². The second kappa shape index (κ2) is 5.48. The molecule has 0 spiro atoms. The third kappa shape index (κ3) is 3.07. The van der Waals surface area contributed by atoms with Crippen molar-refractivity contribution in [1.82, 2.24) is 5.32 Å². The van der Waals surface area contributed by atoms with E-state index >= 15 is 0 Å². The Bertz CT molecular complexity index is 493. The number of benzene rings is 1. The fourth-order valence-electron chi connectivity index (χ4n) is 1.28. The molecule has 0 aliphatic heterocycles. The molecule has 0 aliphatic rings. The molecule has 1 aromatic rings. The average Bonchev–Trinajstić information content (AvgIpc) is 2.32. The van der Waals surface area contributed by atoms with Gasteiger partial charge in [-0.15, -0.1) is 0 Å². The number of hydrogen-bond donors (Lipinski definition) is 2. The van der Waals surface area contributed by atoms with Gasteiger partial charge in [-0.25, -0.2) is 4.39 Å². The highest BCUT2D eigenvalue weighted by molar-refractivity contribution is 9.10. The summed E-state index contributed by atoms with van der Waals surface area (Å²) in [5.41, 5.74) is 4.38. The number of halogens is 2. The van der Waals surface area contributed by atoms with Gasteiger partial charge in [-0.3, -0.25) is 9.59 Å². The van der Waals surface area contributed by atoms with Crippen molar-refractivity contribution in [3.63, 3.8) is 0 Å². The van der Waals surface area contributed by atoms with Gasteiger partial charge in [0.1, 0.15) is 11.4 Å². The van der Waals surface area contributed by atoms with Crippen LogP contribution in [0.25, 0.3) is 0 Å². The highest BCUT2D eigenvalue weighted by Crippen LogP contribution is 2.18. The van der Waals surface area contributed by atoms with E-state index in [1.807, 2.05) is 0 Å². The lowest BCUT2D eigenvalue weighted by atomic mass is 9.97. The van der Waals surface area contributed by atoms with Crippen LogP contribution in [0.5, 0.6) is 0 Å². The molecule has 4 nitrogen and oxygen atoms in total. The van der Waals surface area contributed by atoms with Crippen LogP contribution in [0.1, 0.15) is 30.6 Å². The standard InChI is InChI=1S/C12H14BrFN2O2/c1-3-12(2,11(15)18)16-10(17)7-4-5-9(14)8(13)6-7/h4-6H,3H2,1-2H3,(H2,15,18)(H,16,17). The van der Waals surface area contributed by atoms with Gasteiger partial charge in [0.05, 0.1) is 4.47 Å². The summed E-state index contributed by atoms with van der Waals surface area (Å²) in [5.74, 6) is -1.54. The zero-order valence-electron chi connectivity index (χ0n) is 10.1. The Morgan fingerprint density at radius 2 is 2.11 bits per heavy atom. The van der Waals surface area contributed by atoms with E-state index < -0.39 is 23.2 Å². The quantitative estimate of drug-likeness (QED) is 0.891. The Kier molecular flexibility index (Phi) is 4.45. The molecule has 0 bridgehead atoms. The van der Waals surface area contributed by atoms with Gasteiger partial charge in [0.2, 0.25) is 5.91 Å². The zero-order valence-corrected chi connectivity index (χ0v) is 11.7. The third-order valence-corrected chi connectivity index (χ3v) is 3.43.